The maximum atomic E-state index is 11.9. The van der Waals surface area contributed by atoms with Crippen molar-refractivity contribution in [3.05, 3.63) is 16.4 Å². The zero-order valence-corrected chi connectivity index (χ0v) is 14.4. The average molecular weight is 325 g/mol. The van der Waals surface area contributed by atoms with Crippen LogP contribution in [0, 0.1) is 13.8 Å². The van der Waals surface area contributed by atoms with E-state index in [1.165, 1.54) is 23.1 Å². The summed E-state index contributed by atoms with van der Waals surface area (Å²) >= 11 is 2.87. The quantitative estimate of drug-likeness (QED) is 0.856. The molecule has 0 spiro atoms. The van der Waals surface area contributed by atoms with Gasteiger partial charge in [0.05, 0.1) is 11.4 Å². The zero-order valence-electron chi connectivity index (χ0n) is 12.8. The van der Waals surface area contributed by atoms with Gasteiger partial charge in [0, 0.05) is 17.8 Å². The molecule has 2 aromatic rings. The second-order valence-corrected chi connectivity index (χ2v) is 7.20. The highest BCUT2D eigenvalue weighted by molar-refractivity contribution is 7.99. The Hall–Kier alpha value is -1.41. The predicted octanol–water partition coefficient (Wildman–Crippen LogP) is 2.74. The molecule has 0 fully saturated rings. The standard InChI is InChI=1S/C13H19N5OS2/c1-7(2)11-16-17-13(18(11)5)20-6-10(19)15-12-14-8(3)9(4)21-12/h7H,6H2,1-5H3,(H,14,15,19). The van der Waals surface area contributed by atoms with E-state index < -0.39 is 0 Å². The van der Waals surface area contributed by atoms with E-state index in [0.717, 1.165) is 21.6 Å². The molecule has 114 valence electrons. The fraction of sp³-hybridized carbons (Fsp3) is 0.538. The number of aryl methyl sites for hydroxylation is 2. The topological polar surface area (TPSA) is 72.7 Å². The molecule has 0 atom stereocenters. The Balaban J connectivity index is 1.92. The molecule has 2 aromatic heterocycles. The maximum Gasteiger partial charge on any atom is 0.236 e. The van der Waals surface area contributed by atoms with Crippen LogP contribution in [0.4, 0.5) is 5.13 Å². The van der Waals surface area contributed by atoms with Crippen molar-refractivity contribution in [2.45, 2.75) is 38.8 Å². The monoisotopic (exact) mass is 325 g/mol. The van der Waals surface area contributed by atoms with Gasteiger partial charge in [0.2, 0.25) is 5.91 Å². The smallest absolute Gasteiger partial charge is 0.236 e. The molecule has 0 aliphatic heterocycles. The minimum Gasteiger partial charge on any atom is -0.309 e. The summed E-state index contributed by atoms with van der Waals surface area (Å²) in [5.74, 6) is 1.45. The fourth-order valence-electron chi connectivity index (χ4n) is 1.77. The molecule has 1 N–H and O–H groups in total. The van der Waals surface area contributed by atoms with Crippen LogP contribution in [0.25, 0.3) is 0 Å². The van der Waals surface area contributed by atoms with E-state index in [4.69, 9.17) is 0 Å². The van der Waals surface area contributed by atoms with Gasteiger partial charge in [-0.15, -0.1) is 21.5 Å². The van der Waals surface area contributed by atoms with Crippen LogP contribution in [-0.2, 0) is 11.8 Å². The molecule has 0 bridgehead atoms. The molecule has 2 heterocycles. The van der Waals surface area contributed by atoms with E-state index in [-0.39, 0.29) is 5.91 Å². The third kappa shape index (κ3) is 3.82. The minimum absolute atomic E-state index is 0.0807. The number of aromatic nitrogens is 4. The van der Waals surface area contributed by atoms with Crippen molar-refractivity contribution < 1.29 is 4.79 Å². The summed E-state index contributed by atoms with van der Waals surface area (Å²) < 4.78 is 1.93. The van der Waals surface area contributed by atoms with Gasteiger partial charge < -0.3 is 9.88 Å². The van der Waals surface area contributed by atoms with Gasteiger partial charge in [-0.2, -0.15) is 0 Å². The molecule has 8 heteroatoms. The number of thiazole rings is 1. The van der Waals surface area contributed by atoms with Crippen LogP contribution in [0.1, 0.15) is 36.2 Å². The number of anilines is 1. The maximum absolute atomic E-state index is 11.9. The lowest BCUT2D eigenvalue weighted by Gasteiger charge is -2.05. The third-order valence-corrected chi connectivity index (χ3v) is 5.00. The van der Waals surface area contributed by atoms with Gasteiger partial charge in [-0.25, -0.2) is 4.98 Å². The Labute approximate surface area is 132 Å². The van der Waals surface area contributed by atoms with E-state index >= 15 is 0 Å². The highest BCUT2D eigenvalue weighted by Gasteiger charge is 2.14. The summed E-state index contributed by atoms with van der Waals surface area (Å²) in [7, 11) is 1.92. The van der Waals surface area contributed by atoms with E-state index in [1.54, 1.807) is 0 Å². The summed E-state index contributed by atoms with van der Waals surface area (Å²) in [5, 5.41) is 12.5. The predicted molar refractivity (Wildman–Crippen MR) is 86.0 cm³/mol. The highest BCUT2D eigenvalue weighted by atomic mass is 32.2. The summed E-state index contributed by atoms with van der Waals surface area (Å²) in [4.78, 5) is 17.3. The number of nitrogens with one attached hydrogen (secondary N) is 1. The number of nitrogens with zero attached hydrogens (tertiary/aromatic N) is 4. The van der Waals surface area contributed by atoms with Gasteiger partial charge in [0.1, 0.15) is 5.82 Å². The van der Waals surface area contributed by atoms with Crippen LogP contribution < -0.4 is 5.32 Å². The lowest BCUT2D eigenvalue weighted by Crippen LogP contribution is -2.14. The lowest BCUT2D eigenvalue weighted by atomic mass is 10.2. The van der Waals surface area contributed by atoms with Gasteiger partial charge in [0.25, 0.3) is 0 Å². The van der Waals surface area contributed by atoms with Crippen molar-refractivity contribution in [1.29, 1.82) is 0 Å². The first kappa shape index (κ1) is 16.0. The van der Waals surface area contributed by atoms with E-state index in [2.05, 4.69) is 34.3 Å². The third-order valence-electron chi connectivity index (χ3n) is 2.99. The van der Waals surface area contributed by atoms with Crippen molar-refractivity contribution in [2.24, 2.45) is 7.05 Å². The first-order valence-corrected chi connectivity index (χ1v) is 8.44. The minimum atomic E-state index is -0.0807. The number of carbonyl (C=O) groups is 1. The Morgan fingerprint density at radius 2 is 2.10 bits per heavy atom. The number of amides is 1. The van der Waals surface area contributed by atoms with Crippen LogP contribution in [0.2, 0.25) is 0 Å². The van der Waals surface area contributed by atoms with Crippen LogP contribution in [0.15, 0.2) is 5.16 Å². The zero-order chi connectivity index (χ0) is 15.6. The number of rotatable bonds is 5. The molecule has 0 saturated heterocycles. The van der Waals surface area contributed by atoms with E-state index in [9.17, 15) is 4.79 Å². The average Bonchev–Trinajstić information content (AvgIpc) is 2.91. The van der Waals surface area contributed by atoms with Gasteiger partial charge in [-0.1, -0.05) is 25.6 Å². The van der Waals surface area contributed by atoms with Crippen molar-refractivity contribution >= 4 is 34.1 Å². The van der Waals surface area contributed by atoms with Gasteiger partial charge >= 0.3 is 0 Å². The summed E-state index contributed by atoms with van der Waals surface area (Å²) in [6, 6.07) is 0. The SMILES string of the molecule is Cc1nc(NC(=O)CSc2nnc(C(C)C)n2C)sc1C. The molecule has 1 amide bonds. The highest BCUT2D eigenvalue weighted by Crippen LogP contribution is 2.23. The molecule has 0 aromatic carbocycles. The van der Waals surface area contributed by atoms with E-state index in [1.807, 2.05) is 25.5 Å². The molecule has 0 radical (unpaired) electrons. The van der Waals surface area contributed by atoms with Crippen molar-refractivity contribution in [2.75, 3.05) is 11.1 Å². The second-order valence-electron chi connectivity index (χ2n) is 5.05. The fourth-order valence-corrected chi connectivity index (χ4v) is 3.32. The first-order chi connectivity index (χ1) is 9.88. The van der Waals surface area contributed by atoms with Crippen molar-refractivity contribution in [3.8, 4) is 0 Å². The Bertz CT molecular complexity index is 628. The summed E-state index contributed by atoms with van der Waals surface area (Å²) in [5.41, 5.74) is 0.956. The molecule has 0 saturated carbocycles. The Morgan fingerprint density at radius 1 is 1.38 bits per heavy atom. The lowest BCUT2D eigenvalue weighted by molar-refractivity contribution is -0.113. The molecule has 0 unspecified atom stereocenters. The largest absolute Gasteiger partial charge is 0.309 e. The second kappa shape index (κ2) is 6.57. The van der Waals surface area contributed by atoms with Gasteiger partial charge in [-0.3, -0.25) is 4.79 Å². The molecular weight excluding hydrogens is 306 g/mol. The Kier molecular flexibility index (Phi) is 5.00. The molecule has 21 heavy (non-hydrogen) atoms. The van der Waals surface area contributed by atoms with Crippen LogP contribution >= 0.6 is 23.1 Å². The number of thioether (sulfide) groups is 1. The molecule has 6 nitrogen and oxygen atoms in total. The molecule has 0 aliphatic carbocycles. The van der Waals surface area contributed by atoms with Crippen molar-refractivity contribution in [1.82, 2.24) is 19.7 Å². The van der Waals surface area contributed by atoms with E-state index in [0.29, 0.717) is 16.8 Å². The normalized spacial score (nSPS) is 11.1. The van der Waals surface area contributed by atoms with Gasteiger partial charge in [0.15, 0.2) is 10.3 Å². The number of carbonyl (C=O) groups excluding carboxylic acids is 1. The molecular formula is C13H19N5OS2. The number of hydrogen-bond donors (Lipinski definition) is 1. The molecule has 0 aliphatic rings. The Morgan fingerprint density at radius 3 is 2.62 bits per heavy atom. The van der Waals surface area contributed by atoms with Crippen LogP contribution in [0.5, 0.6) is 0 Å². The van der Waals surface area contributed by atoms with Crippen LogP contribution in [-0.4, -0.2) is 31.4 Å². The van der Waals surface area contributed by atoms with Crippen molar-refractivity contribution in [3.63, 3.8) is 0 Å². The summed E-state index contributed by atoms with van der Waals surface area (Å²) in [6.07, 6.45) is 0. The first-order valence-electron chi connectivity index (χ1n) is 6.64. The number of hydrogen-bond acceptors (Lipinski definition) is 6. The van der Waals surface area contributed by atoms with Crippen LogP contribution in [0.3, 0.4) is 0 Å². The molecule has 2 rings (SSSR count). The van der Waals surface area contributed by atoms with Gasteiger partial charge in [-0.05, 0) is 13.8 Å². The summed E-state index contributed by atoms with van der Waals surface area (Å²) in [6.45, 7) is 8.06.